The van der Waals surface area contributed by atoms with Crippen LogP contribution in [-0.4, -0.2) is 27.3 Å². The molecule has 0 radical (unpaired) electrons. The number of fused-ring (bicyclic) bond motifs is 1. The van der Waals surface area contributed by atoms with Gasteiger partial charge in [0.25, 0.3) is 0 Å². The van der Waals surface area contributed by atoms with Crippen LogP contribution in [0.25, 0.3) is 11.1 Å². The van der Waals surface area contributed by atoms with Crippen molar-refractivity contribution in [2.24, 2.45) is 0 Å². The van der Waals surface area contributed by atoms with E-state index in [0.717, 1.165) is 23.2 Å². The summed E-state index contributed by atoms with van der Waals surface area (Å²) in [5, 5.41) is 0. The van der Waals surface area contributed by atoms with E-state index >= 15 is 0 Å². The fraction of sp³-hybridized carbons (Fsp3) is 0.261. The lowest BCUT2D eigenvalue weighted by atomic mass is 9.83. The van der Waals surface area contributed by atoms with E-state index in [1.54, 1.807) is 17.7 Å². The van der Waals surface area contributed by atoms with Gasteiger partial charge in [0, 0.05) is 34.0 Å². The summed E-state index contributed by atoms with van der Waals surface area (Å²) in [5.74, 6) is 0.107. The van der Waals surface area contributed by atoms with Crippen LogP contribution in [0.1, 0.15) is 39.4 Å². The second-order valence-corrected chi connectivity index (χ2v) is 8.38. The normalized spacial score (nSPS) is 15.9. The van der Waals surface area contributed by atoms with Gasteiger partial charge in [0.05, 0.1) is 12.2 Å². The molecule has 142 valence electrons. The second kappa shape index (κ2) is 7.68. The Kier molecular flexibility index (Phi) is 5.09. The van der Waals surface area contributed by atoms with Crippen molar-refractivity contribution in [3.8, 4) is 11.1 Å². The second-order valence-electron chi connectivity index (χ2n) is 7.03. The van der Waals surface area contributed by atoms with Gasteiger partial charge in [-0.2, -0.15) is 0 Å². The maximum atomic E-state index is 12.4. The molecule has 3 aromatic rings. The molecule has 1 atom stereocenters. The van der Waals surface area contributed by atoms with Crippen molar-refractivity contribution in [2.75, 3.05) is 6.54 Å². The summed E-state index contributed by atoms with van der Waals surface area (Å²) in [4.78, 5) is 25.6. The Balaban J connectivity index is 1.87. The van der Waals surface area contributed by atoms with Crippen molar-refractivity contribution in [3.05, 3.63) is 82.1 Å². The molecule has 0 unspecified atom stereocenters. The third-order valence-electron chi connectivity index (χ3n) is 5.32. The number of hydrogen-bond donors (Lipinski definition) is 0. The van der Waals surface area contributed by atoms with Crippen LogP contribution >= 0.6 is 11.3 Å². The molecule has 0 bridgehead atoms. The molecule has 1 aromatic carbocycles. The number of hydrogen-bond acceptors (Lipinski definition) is 4. The third kappa shape index (κ3) is 3.27. The lowest BCUT2D eigenvalue weighted by Gasteiger charge is -2.33. The summed E-state index contributed by atoms with van der Waals surface area (Å²) in [7, 11) is 0. The maximum absolute atomic E-state index is 12.4. The Morgan fingerprint density at radius 2 is 2.14 bits per heavy atom. The molecular formula is C23H23N3OS. The highest BCUT2D eigenvalue weighted by molar-refractivity contribution is 7.12. The van der Waals surface area contributed by atoms with Crippen LogP contribution in [0, 0.1) is 6.92 Å². The standard InChI is InChI=1S/C23H23N3OS/c1-4-21-19(11-24-14-25-21)16-8-6-7-9-17(16)20-12-26(23(27)5-2)13-22-18(20)10-15(3)28-22/h5-11,14,20H,2,4,12-13H2,1,3H3/t20-/m1/s1. The van der Waals surface area contributed by atoms with E-state index in [2.05, 4.69) is 60.7 Å². The smallest absolute Gasteiger partial charge is 0.246 e. The van der Waals surface area contributed by atoms with Crippen LogP contribution in [0.3, 0.4) is 0 Å². The molecule has 28 heavy (non-hydrogen) atoms. The van der Waals surface area contributed by atoms with Crippen LogP contribution in [0.2, 0.25) is 0 Å². The number of thiophene rings is 1. The minimum Gasteiger partial charge on any atom is -0.333 e. The summed E-state index contributed by atoms with van der Waals surface area (Å²) >= 11 is 1.78. The average molecular weight is 390 g/mol. The number of nitrogens with zero attached hydrogens (tertiary/aromatic N) is 3. The molecular weight excluding hydrogens is 366 g/mol. The third-order valence-corrected chi connectivity index (χ3v) is 6.37. The van der Waals surface area contributed by atoms with E-state index < -0.39 is 0 Å². The summed E-state index contributed by atoms with van der Waals surface area (Å²) in [6.07, 6.45) is 5.77. The quantitative estimate of drug-likeness (QED) is 0.606. The zero-order valence-electron chi connectivity index (χ0n) is 16.2. The highest BCUT2D eigenvalue weighted by atomic mass is 32.1. The van der Waals surface area contributed by atoms with Crippen LogP contribution in [-0.2, 0) is 17.8 Å². The van der Waals surface area contributed by atoms with Crippen molar-refractivity contribution in [1.29, 1.82) is 0 Å². The number of aromatic nitrogens is 2. The number of benzene rings is 1. The van der Waals surface area contributed by atoms with Crippen LogP contribution in [0.4, 0.5) is 0 Å². The monoisotopic (exact) mass is 389 g/mol. The van der Waals surface area contributed by atoms with Gasteiger partial charge >= 0.3 is 0 Å². The fourth-order valence-electron chi connectivity index (χ4n) is 4.03. The average Bonchev–Trinajstić information content (AvgIpc) is 3.12. The molecule has 0 saturated carbocycles. The molecule has 1 amide bonds. The van der Waals surface area contributed by atoms with Gasteiger partial charge in [-0.3, -0.25) is 4.79 Å². The van der Waals surface area contributed by atoms with Gasteiger partial charge in [0.15, 0.2) is 0 Å². The minimum absolute atomic E-state index is 0.0172. The van der Waals surface area contributed by atoms with E-state index in [-0.39, 0.29) is 11.8 Å². The maximum Gasteiger partial charge on any atom is 0.246 e. The molecule has 0 saturated heterocycles. The largest absolute Gasteiger partial charge is 0.333 e. The van der Waals surface area contributed by atoms with E-state index in [1.807, 2.05) is 11.1 Å². The van der Waals surface area contributed by atoms with Gasteiger partial charge in [-0.05, 0) is 42.2 Å². The van der Waals surface area contributed by atoms with Crippen molar-refractivity contribution in [3.63, 3.8) is 0 Å². The first-order valence-corrected chi connectivity index (χ1v) is 10.3. The van der Waals surface area contributed by atoms with Gasteiger partial charge in [-0.15, -0.1) is 11.3 Å². The Hall–Kier alpha value is -2.79. The molecule has 2 aromatic heterocycles. The molecule has 4 rings (SSSR count). The Bertz CT molecular complexity index is 1040. The zero-order chi connectivity index (χ0) is 19.7. The predicted molar refractivity (Wildman–Crippen MR) is 113 cm³/mol. The van der Waals surface area contributed by atoms with E-state index in [0.29, 0.717) is 13.1 Å². The van der Waals surface area contributed by atoms with Crippen LogP contribution in [0.15, 0.2) is 55.5 Å². The summed E-state index contributed by atoms with van der Waals surface area (Å²) in [5.41, 5.74) is 5.80. The van der Waals surface area contributed by atoms with Gasteiger partial charge in [-0.1, -0.05) is 37.8 Å². The highest BCUT2D eigenvalue weighted by Gasteiger charge is 2.31. The number of carbonyl (C=O) groups is 1. The minimum atomic E-state index is -0.0172. The van der Waals surface area contributed by atoms with Gasteiger partial charge in [-0.25, -0.2) is 9.97 Å². The van der Waals surface area contributed by atoms with E-state index in [1.165, 1.54) is 27.0 Å². The van der Waals surface area contributed by atoms with Gasteiger partial charge in [0.2, 0.25) is 5.91 Å². The van der Waals surface area contributed by atoms with Crippen LogP contribution in [0.5, 0.6) is 0 Å². The highest BCUT2D eigenvalue weighted by Crippen LogP contribution is 2.41. The topological polar surface area (TPSA) is 46.1 Å². The van der Waals surface area contributed by atoms with Crippen molar-refractivity contribution in [1.82, 2.24) is 14.9 Å². The fourth-order valence-corrected chi connectivity index (χ4v) is 5.14. The van der Waals surface area contributed by atoms with Crippen molar-refractivity contribution in [2.45, 2.75) is 32.7 Å². The molecule has 1 aliphatic heterocycles. The molecule has 4 nitrogen and oxygen atoms in total. The molecule has 0 N–H and O–H groups in total. The number of carbonyl (C=O) groups excluding carboxylic acids is 1. The van der Waals surface area contributed by atoms with E-state index in [9.17, 15) is 4.79 Å². The Morgan fingerprint density at radius 1 is 1.32 bits per heavy atom. The first-order chi connectivity index (χ1) is 13.6. The lowest BCUT2D eigenvalue weighted by molar-refractivity contribution is -0.127. The number of amides is 1. The number of aryl methyl sites for hydroxylation is 2. The Morgan fingerprint density at radius 3 is 2.93 bits per heavy atom. The SMILES string of the molecule is C=CC(=O)N1Cc2sc(C)cc2[C@@H](c2ccccc2-c2cncnc2CC)C1. The zero-order valence-corrected chi connectivity index (χ0v) is 17.0. The Labute approximate surface area is 169 Å². The summed E-state index contributed by atoms with van der Waals surface area (Å²) < 4.78 is 0. The van der Waals surface area contributed by atoms with Gasteiger partial charge in [0.1, 0.15) is 6.33 Å². The summed E-state index contributed by atoms with van der Waals surface area (Å²) in [6, 6.07) is 10.7. The first kappa shape index (κ1) is 18.6. The molecule has 3 heterocycles. The molecule has 1 aliphatic rings. The number of rotatable bonds is 4. The first-order valence-electron chi connectivity index (χ1n) is 9.51. The van der Waals surface area contributed by atoms with E-state index in [4.69, 9.17) is 0 Å². The van der Waals surface area contributed by atoms with Crippen LogP contribution < -0.4 is 0 Å². The summed E-state index contributed by atoms with van der Waals surface area (Å²) in [6.45, 7) is 9.23. The van der Waals surface area contributed by atoms with Gasteiger partial charge < -0.3 is 4.90 Å². The molecule has 0 aliphatic carbocycles. The lowest BCUT2D eigenvalue weighted by Crippen LogP contribution is -2.37. The van der Waals surface area contributed by atoms with Crippen molar-refractivity contribution >= 4 is 17.2 Å². The predicted octanol–water partition coefficient (Wildman–Crippen LogP) is 4.74. The van der Waals surface area contributed by atoms with Crippen molar-refractivity contribution < 1.29 is 4.79 Å². The molecule has 0 fully saturated rings. The molecule has 0 spiro atoms. The molecule has 5 heteroatoms.